The molecule has 12 aromatic rings. The molecule has 16 rings (SSSR count). The zero-order valence-corrected chi connectivity index (χ0v) is 64.4. The molecule has 4 atom stereocenters. The molecule has 4 aliphatic rings. The van der Waals surface area contributed by atoms with Crippen molar-refractivity contribution < 1.29 is 78.5 Å². The average molecular weight is 1620 g/mol. The molecule has 4 unspecified atom stereocenters. The van der Waals surface area contributed by atoms with Gasteiger partial charge in [-0.2, -0.15) is 39.5 Å². The van der Waals surface area contributed by atoms with Crippen molar-refractivity contribution in [3.63, 3.8) is 0 Å². The molecule has 0 bridgehead atoms. The standard InChI is InChI=1S/C25H19F3O2.2C23H17F3O2S.C22H17ClO2S/c1-15(29)17-6-2-5-16(11-17)12-19-14-23-21(9-4-10-22(23)24(19)30)18-7-3-8-20(13-18)25(26,27)28;1-13(27)21-9-14(12-29-21)8-16-11-20-18(6-3-7-19(20)22(16)28)15-4-2-5-17(10-15)23(24,25)26;1-13(27)16-10-18(29-12-16)9-15-11-21-19(6-3-7-20(21)22(15)28)14-4-2-5-17(8-14)23(24,25)26;1-13(24)21-9-8-17(26-21)11-15-12-20-18(6-3-7-19(20)22(15)25)14-4-2-5-16(23)10-14/h2-11,13,19H,12,14H2,1H3;2-7,9-10,12,16,27H,1,8,11H2;2-8,10,12,15H,9,11H2,1H3;2-10,15,24H,1,11-12H2. The van der Waals surface area contributed by atoms with Crippen molar-refractivity contribution in [1.29, 1.82) is 0 Å². The maximum absolute atomic E-state index is 13.1. The molecular formula is C93H70ClF9O8S3. The lowest BCUT2D eigenvalue weighted by molar-refractivity contribution is -0.138. The maximum atomic E-state index is 13.1. The minimum absolute atomic E-state index is 0.00407. The van der Waals surface area contributed by atoms with Crippen molar-refractivity contribution in [2.45, 2.75) is 83.7 Å². The molecule has 0 aliphatic heterocycles. The second-order valence-electron chi connectivity index (χ2n) is 28.5. The minimum atomic E-state index is -4.42. The van der Waals surface area contributed by atoms with Gasteiger partial charge < -0.3 is 10.2 Å². The summed E-state index contributed by atoms with van der Waals surface area (Å²) in [6, 6.07) is 59.6. The van der Waals surface area contributed by atoms with Crippen LogP contribution in [0.3, 0.4) is 0 Å². The van der Waals surface area contributed by atoms with Crippen LogP contribution in [0.1, 0.15) is 146 Å². The smallest absolute Gasteiger partial charge is 0.416 e. The quantitative estimate of drug-likeness (QED) is 0.0553. The third kappa shape index (κ3) is 18.1. The van der Waals surface area contributed by atoms with Crippen molar-refractivity contribution in [3.05, 3.63) is 350 Å². The van der Waals surface area contributed by atoms with Crippen molar-refractivity contribution in [2.75, 3.05) is 0 Å². The third-order valence-electron chi connectivity index (χ3n) is 20.8. The summed E-state index contributed by atoms with van der Waals surface area (Å²) >= 11 is 10.5. The number of alkyl halides is 9. The fraction of sp³-hybridized carbons (Fsp3) is 0.183. The van der Waals surface area contributed by atoms with Gasteiger partial charge in [-0.3, -0.25) is 28.8 Å². The highest BCUT2D eigenvalue weighted by Gasteiger charge is 2.39. The fourth-order valence-corrected chi connectivity index (χ4v) is 18.2. The van der Waals surface area contributed by atoms with E-state index >= 15 is 0 Å². The van der Waals surface area contributed by atoms with Gasteiger partial charge >= 0.3 is 18.5 Å². The molecule has 0 fully saturated rings. The monoisotopic (exact) mass is 1620 g/mol. The topological polar surface area (TPSA) is 143 Å². The van der Waals surface area contributed by atoms with E-state index in [2.05, 4.69) is 19.2 Å². The Balaban J connectivity index is 0.000000133. The van der Waals surface area contributed by atoms with Crippen LogP contribution in [-0.4, -0.2) is 44.9 Å². The highest BCUT2D eigenvalue weighted by atomic mass is 35.5. The molecule has 0 radical (unpaired) electrons. The van der Waals surface area contributed by atoms with Crippen molar-refractivity contribution in [2.24, 2.45) is 23.7 Å². The Morgan fingerprint density at radius 2 is 0.737 bits per heavy atom. The molecule has 0 saturated carbocycles. The molecule has 114 heavy (non-hydrogen) atoms. The van der Waals surface area contributed by atoms with Gasteiger partial charge in [-0.05, 0) is 227 Å². The van der Waals surface area contributed by atoms with E-state index in [4.69, 9.17) is 11.6 Å². The average Bonchev–Trinajstić information content (AvgIpc) is 1.64. The molecule has 3 aromatic heterocycles. The third-order valence-corrected chi connectivity index (χ3v) is 24.2. The number of Topliss-reactive ketones (excluding diaryl/α,β-unsaturated/α-hetero) is 6. The predicted molar refractivity (Wildman–Crippen MR) is 431 cm³/mol. The van der Waals surface area contributed by atoms with Crippen LogP contribution in [-0.2, 0) is 69.9 Å². The van der Waals surface area contributed by atoms with E-state index in [1.165, 1.54) is 66.1 Å². The van der Waals surface area contributed by atoms with E-state index in [1.54, 1.807) is 96.4 Å². The highest BCUT2D eigenvalue weighted by Crippen LogP contribution is 2.45. The van der Waals surface area contributed by atoms with Crippen LogP contribution in [0.2, 0.25) is 5.02 Å². The van der Waals surface area contributed by atoms with Crippen molar-refractivity contribution >= 4 is 91.8 Å². The summed E-state index contributed by atoms with van der Waals surface area (Å²) in [5.41, 5.74) is 12.4. The number of ketones is 6. The second-order valence-corrected chi connectivity index (χ2v) is 32.1. The zero-order chi connectivity index (χ0) is 81.2. The van der Waals surface area contributed by atoms with Gasteiger partial charge in [0.2, 0.25) is 0 Å². The van der Waals surface area contributed by atoms with E-state index < -0.39 is 35.2 Å². The lowest BCUT2D eigenvalue weighted by Gasteiger charge is -2.12. The molecule has 0 amide bonds. The van der Waals surface area contributed by atoms with E-state index in [0.29, 0.717) is 116 Å². The summed E-state index contributed by atoms with van der Waals surface area (Å²) in [4.78, 5) is 78.3. The number of carbonyl (C=O) groups excluding carboxylic acids is 6. The molecule has 0 saturated heterocycles. The van der Waals surface area contributed by atoms with Crippen LogP contribution in [0.15, 0.2) is 242 Å². The summed E-state index contributed by atoms with van der Waals surface area (Å²) < 4.78 is 118. The van der Waals surface area contributed by atoms with Crippen LogP contribution < -0.4 is 0 Å². The number of hydrogen-bond acceptors (Lipinski definition) is 11. The Labute approximate surface area is 668 Å². The van der Waals surface area contributed by atoms with Crippen LogP contribution in [0.4, 0.5) is 39.5 Å². The zero-order valence-electron chi connectivity index (χ0n) is 61.2. The molecular weight excluding hydrogens is 1550 g/mol. The number of fused-ring (bicyclic) bond motifs is 4. The molecule has 8 nitrogen and oxygen atoms in total. The summed E-state index contributed by atoms with van der Waals surface area (Å²) in [5.74, 6) is -0.686. The lowest BCUT2D eigenvalue weighted by atomic mass is 9.93. The number of aliphatic hydroxyl groups is 2. The van der Waals surface area contributed by atoms with Gasteiger partial charge in [0.25, 0.3) is 0 Å². The summed E-state index contributed by atoms with van der Waals surface area (Å²) in [7, 11) is 0. The lowest BCUT2D eigenvalue weighted by Crippen LogP contribution is -2.12. The molecule has 2 N–H and O–H groups in total. The Morgan fingerprint density at radius 1 is 0.377 bits per heavy atom. The maximum Gasteiger partial charge on any atom is 0.416 e. The molecule has 21 heteroatoms. The van der Waals surface area contributed by atoms with Gasteiger partial charge in [0, 0.05) is 77.2 Å². The number of carbonyl (C=O) groups is 6. The van der Waals surface area contributed by atoms with Crippen molar-refractivity contribution in [1.82, 2.24) is 0 Å². The molecule has 578 valence electrons. The van der Waals surface area contributed by atoms with E-state index in [-0.39, 0.29) is 69.9 Å². The van der Waals surface area contributed by atoms with Crippen molar-refractivity contribution in [3.8, 4) is 44.5 Å². The number of rotatable bonds is 16. The first-order valence-electron chi connectivity index (χ1n) is 36.3. The molecule has 3 heterocycles. The largest absolute Gasteiger partial charge is 0.507 e. The van der Waals surface area contributed by atoms with E-state index in [9.17, 15) is 78.5 Å². The fourth-order valence-electron chi connectivity index (χ4n) is 15.3. The number of aliphatic hydroxyl groups excluding tert-OH is 2. The predicted octanol–water partition coefficient (Wildman–Crippen LogP) is 25.2. The van der Waals surface area contributed by atoms with Gasteiger partial charge in [-0.1, -0.05) is 164 Å². The normalized spacial score (nSPS) is 16.0. The van der Waals surface area contributed by atoms with Crippen LogP contribution in [0.25, 0.3) is 56.0 Å². The molecule has 9 aromatic carbocycles. The first-order chi connectivity index (χ1) is 54.2. The first kappa shape index (κ1) is 80.9. The first-order valence-corrected chi connectivity index (χ1v) is 39.2. The van der Waals surface area contributed by atoms with E-state index in [1.807, 2.05) is 72.1 Å². The van der Waals surface area contributed by atoms with Crippen LogP contribution in [0.5, 0.6) is 0 Å². The van der Waals surface area contributed by atoms with Gasteiger partial charge in [0.15, 0.2) is 34.7 Å². The number of thiophene rings is 3. The Morgan fingerprint density at radius 3 is 1.11 bits per heavy atom. The Kier molecular flexibility index (Phi) is 23.8. The number of hydrogen-bond donors (Lipinski definition) is 2. The highest BCUT2D eigenvalue weighted by molar-refractivity contribution is 7.13. The van der Waals surface area contributed by atoms with E-state index in [0.717, 1.165) is 108 Å². The summed E-state index contributed by atoms with van der Waals surface area (Å²) in [6.45, 7) is 10.1. The second kappa shape index (κ2) is 33.5. The summed E-state index contributed by atoms with van der Waals surface area (Å²) in [5, 5.41) is 23.4. The molecule has 0 spiro atoms. The Hall–Kier alpha value is -11.2. The van der Waals surface area contributed by atoms with Gasteiger partial charge in [0.1, 0.15) is 11.5 Å². The summed E-state index contributed by atoms with van der Waals surface area (Å²) in [6.07, 6.45) is -8.91. The Bertz CT molecular complexity index is 5620. The van der Waals surface area contributed by atoms with Crippen LogP contribution in [0, 0.1) is 23.7 Å². The minimum Gasteiger partial charge on any atom is -0.507 e. The number of halogens is 10. The van der Waals surface area contributed by atoms with Crippen LogP contribution >= 0.6 is 45.6 Å². The SMILES string of the molecule is C=C(O)c1cc(CC2Cc3c(cccc3-c3cccc(C(F)(F)F)c3)C2=O)cs1.C=C(O)c1ccc(CC2Cc3c(cccc3-c3cccc(Cl)c3)C2=O)s1.CC(=O)c1cccc(CC2Cc3c(cccc3-c3cccc(C(F)(F)F)c3)C2=O)c1.CC(=O)c1csc(CC2Cc3c(cccc3-c3cccc(C(F)(F)F)c3)C2=O)c1. The number of benzene rings is 9. The van der Waals surface area contributed by atoms with Gasteiger partial charge in [-0.25, -0.2) is 0 Å². The molecule has 4 aliphatic carbocycles. The van der Waals surface area contributed by atoms with Gasteiger partial charge in [0.05, 0.1) is 26.4 Å². The van der Waals surface area contributed by atoms with Gasteiger partial charge in [-0.15, -0.1) is 34.0 Å².